The predicted molar refractivity (Wildman–Crippen MR) is 68.7 cm³/mol. The Hall–Kier alpha value is -1.32. The van der Waals surface area contributed by atoms with E-state index >= 15 is 0 Å². The highest BCUT2D eigenvalue weighted by molar-refractivity contribution is 5.39. The molecule has 1 heterocycles. The molecule has 0 bridgehead atoms. The molecule has 0 aromatic carbocycles. The van der Waals surface area contributed by atoms with Gasteiger partial charge in [-0.15, -0.1) is 0 Å². The zero-order chi connectivity index (χ0) is 12.2. The van der Waals surface area contributed by atoms with Crippen molar-refractivity contribution in [2.24, 2.45) is 11.3 Å². The summed E-state index contributed by atoms with van der Waals surface area (Å²) in [4.78, 5) is 8.40. The summed E-state index contributed by atoms with van der Waals surface area (Å²) < 4.78 is 0. The highest BCUT2D eigenvalue weighted by Crippen LogP contribution is 2.26. The van der Waals surface area contributed by atoms with E-state index in [9.17, 15) is 0 Å². The third-order valence-electron chi connectivity index (χ3n) is 3.17. The number of hydrogen-bond donors (Lipinski definition) is 2. The minimum atomic E-state index is 0.255. The molecule has 0 unspecified atom stereocenters. The van der Waals surface area contributed by atoms with Crippen molar-refractivity contribution in [2.75, 3.05) is 24.2 Å². The fourth-order valence-corrected chi connectivity index (χ4v) is 1.10. The van der Waals surface area contributed by atoms with Crippen molar-refractivity contribution in [1.29, 1.82) is 0 Å². The first kappa shape index (κ1) is 12.7. The van der Waals surface area contributed by atoms with Crippen molar-refractivity contribution in [2.45, 2.75) is 27.7 Å². The van der Waals surface area contributed by atoms with E-state index in [1.807, 2.05) is 13.1 Å². The van der Waals surface area contributed by atoms with Crippen molar-refractivity contribution in [3.63, 3.8) is 0 Å². The van der Waals surface area contributed by atoms with E-state index in [0.717, 1.165) is 12.4 Å². The number of aromatic nitrogens is 2. The van der Waals surface area contributed by atoms with E-state index < -0.39 is 0 Å². The first-order valence-corrected chi connectivity index (χ1v) is 5.70. The van der Waals surface area contributed by atoms with Gasteiger partial charge in [0.1, 0.15) is 5.82 Å². The predicted octanol–water partition coefficient (Wildman–Crippen LogP) is 2.61. The van der Waals surface area contributed by atoms with E-state index in [0.29, 0.717) is 11.9 Å². The molecule has 0 amide bonds. The number of hydrogen-bond acceptors (Lipinski definition) is 4. The van der Waals surface area contributed by atoms with Crippen LogP contribution in [0.1, 0.15) is 27.7 Å². The first-order valence-electron chi connectivity index (χ1n) is 5.70. The van der Waals surface area contributed by atoms with Crippen LogP contribution in [-0.2, 0) is 0 Å². The van der Waals surface area contributed by atoms with E-state index in [1.54, 1.807) is 6.20 Å². The van der Waals surface area contributed by atoms with Gasteiger partial charge in [-0.3, -0.25) is 0 Å². The average Bonchev–Trinajstić information content (AvgIpc) is 2.26. The van der Waals surface area contributed by atoms with Crippen LogP contribution in [-0.4, -0.2) is 23.6 Å². The summed E-state index contributed by atoms with van der Waals surface area (Å²) in [5.74, 6) is 2.14. The number of anilines is 2. The summed E-state index contributed by atoms with van der Waals surface area (Å²) in [7, 11) is 1.82. The molecule has 0 saturated carbocycles. The van der Waals surface area contributed by atoms with Crippen LogP contribution in [0.3, 0.4) is 0 Å². The molecule has 1 aromatic rings. The lowest BCUT2D eigenvalue weighted by atomic mass is 9.81. The average molecular weight is 222 g/mol. The Kier molecular flexibility index (Phi) is 4.10. The second-order valence-corrected chi connectivity index (χ2v) is 5.01. The molecule has 4 nitrogen and oxygen atoms in total. The molecular weight excluding hydrogens is 200 g/mol. The van der Waals surface area contributed by atoms with Gasteiger partial charge in [0, 0.05) is 19.8 Å². The number of nitrogens with zero attached hydrogens (tertiary/aromatic N) is 2. The van der Waals surface area contributed by atoms with E-state index in [4.69, 9.17) is 0 Å². The SMILES string of the molecule is CNc1nccc(NCC(C)(C)C(C)C)n1. The Bertz CT molecular complexity index is 334. The Morgan fingerprint density at radius 3 is 2.62 bits per heavy atom. The molecule has 1 rings (SSSR count). The summed E-state index contributed by atoms with van der Waals surface area (Å²) in [5, 5.41) is 6.27. The van der Waals surface area contributed by atoms with Gasteiger partial charge in [-0.1, -0.05) is 27.7 Å². The lowest BCUT2D eigenvalue weighted by Gasteiger charge is -2.29. The minimum Gasteiger partial charge on any atom is -0.369 e. The minimum absolute atomic E-state index is 0.255. The molecular formula is C12H22N4. The van der Waals surface area contributed by atoms with Crippen molar-refractivity contribution in [1.82, 2.24) is 9.97 Å². The molecule has 0 aliphatic rings. The quantitative estimate of drug-likeness (QED) is 0.804. The standard InChI is InChI=1S/C12H22N4/c1-9(2)12(3,4)8-15-10-6-7-14-11(13-5)16-10/h6-7,9H,8H2,1-5H3,(H2,13,14,15,16). The normalized spacial score (nSPS) is 11.6. The van der Waals surface area contributed by atoms with Gasteiger partial charge in [0.15, 0.2) is 0 Å². The third-order valence-corrected chi connectivity index (χ3v) is 3.17. The smallest absolute Gasteiger partial charge is 0.224 e. The molecule has 0 aliphatic heterocycles. The Balaban J connectivity index is 2.60. The topological polar surface area (TPSA) is 49.8 Å². The summed E-state index contributed by atoms with van der Waals surface area (Å²) in [6.07, 6.45) is 1.75. The first-order chi connectivity index (χ1) is 7.45. The maximum atomic E-state index is 4.32. The lowest BCUT2D eigenvalue weighted by Crippen LogP contribution is -2.28. The third kappa shape index (κ3) is 3.36. The van der Waals surface area contributed by atoms with E-state index in [1.165, 1.54) is 0 Å². The maximum absolute atomic E-state index is 4.32. The van der Waals surface area contributed by atoms with Crippen molar-refractivity contribution in [3.05, 3.63) is 12.3 Å². The zero-order valence-corrected chi connectivity index (χ0v) is 10.8. The van der Waals surface area contributed by atoms with Gasteiger partial charge in [0.05, 0.1) is 0 Å². The van der Waals surface area contributed by atoms with Crippen molar-refractivity contribution >= 4 is 11.8 Å². The summed E-state index contributed by atoms with van der Waals surface area (Å²) in [6.45, 7) is 9.89. The lowest BCUT2D eigenvalue weighted by molar-refractivity contribution is 0.269. The molecule has 0 spiro atoms. The summed E-state index contributed by atoms with van der Waals surface area (Å²) in [5.41, 5.74) is 0.255. The fraction of sp³-hybridized carbons (Fsp3) is 0.667. The van der Waals surface area contributed by atoms with Crippen molar-refractivity contribution in [3.8, 4) is 0 Å². The van der Waals surface area contributed by atoms with Crippen LogP contribution in [0.5, 0.6) is 0 Å². The van der Waals surface area contributed by atoms with Gasteiger partial charge < -0.3 is 10.6 Å². The molecule has 4 heteroatoms. The van der Waals surface area contributed by atoms with E-state index in [2.05, 4.69) is 48.3 Å². The highest BCUT2D eigenvalue weighted by Gasteiger charge is 2.21. The maximum Gasteiger partial charge on any atom is 0.224 e. The largest absolute Gasteiger partial charge is 0.369 e. The van der Waals surface area contributed by atoms with Gasteiger partial charge in [-0.05, 0) is 17.4 Å². The van der Waals surface area contributed by atoms with Crippen LogP contribution >= 0.6 is 0 Å². The van der Waals surface area contributed by atoms with Crippen LogP contribution in [0.2, 0.25) is 0 Å². The number of rotatable bonds is 5. The van der Waals surface area contributed by atoms with Gasteiger partial charge in [0.25, 0.3) is 0 Å². The Labute approximate surface area is 97.9 Å². The second kappa shape index (κ2) is 5.14. The van der Waals surface area contributed by atoms with Crippen LogP contribution in [0.25, 0.3) is 0 Å². The second-order valence-electron chi connectivity index (χ2n) is 5.01. The number of nitrogens with one attached hydrogen (secondary N) is 2. The molecule has 90 valence electrons. The fourth-order valence-electron chi connectivity index (χ4n) is 1.10. The molecule has 0 fully saturated rings. The molecule has 0 atom stereocenters. The molecule has 16 heavy (non-hydrogen) atoms. The Morgan fingerprint density at radius 2 is 2.06 bits per heavy atom. The van der Waals surface area contributed by atoms with Crippen LogP contribution in [0.15, 0.2) is 12.3 Å². The summed E-state index contributed by atoms with van der Waals surface area (Å²) in [6, 6.07) is 1.89. The highest BCUT2D eigenvalue weighted by atomic mass is 15.1. The summed E-state index contributed by atoms with van der Waals surface area (Å²) >= 11 is 0. The monoisotopic (exact) mass is 222 g/mol. The molecule has 0 saturated heterocycles. The van der Waals surface area contributed by atoms with Crippen LogP contribution in [0, 0.1) is 11.3 Å². The molecule has 2 N–H and O–H groups in total. The van der Waals surface area contributed by atoms with Gasteiger partial charge in [0.2, 0.25) is 5.95 Å². The van der Waals surface area contributed by atoms with Gasteiger partial charge >= 0.3 is 0 Å². The van der Waals surface area contributed by atoms with Gasteiger partial charge in [-0.25, -0.2) is 4.98 Å². The zero-order valence-electron chi connectivity index (χ0n) is 10.8. The molecule has 1 aromatic heterocycles. The Morgan fingerprint density at radius 1 is 1.38 bits per heavy atom. The van der Waals surface area contributed by atoms with Crippen LogP contribution in [0.4, 0.5) is 11.8 Å². The van der Waals surface area contributed by atoms with Gasteiger partial charge in [-0.2, -0.15) is 4.98 Å². The van der Waals surface area contributed by atoms with E-state index in [-0.39, 0.29) is 5.41 Å². The molecule has 0 radical (unpaired) electrons. The van der Waals surface area contributed by atoms with Crippen LogP contribution < -0.4 is 10.6 Å². The van der Waals surface area contributed by atoms with Crippen molar-refractivity contribution < 1.29 is 0 Å². The molecule has 0 aliphatic carbocycles.